The highest BCUT2D eigenvalue weighted by molar-refractivity contribution is 9.10. The second kappa shape index (κ2) is 6.11. The summed E-state index contributed by atoms with van der Waals surface area (Å²) in [5, 5.41) is 1.17. The number of aldehydes is 1. The predicted molar refractivity (Wildman–Crippen MR) is 80.1 cm³/mol. The number of carbonyl (C=O) groups is 1. The van der Waals surface area contributed by atoms with Crippen LogP contribution in [0.2, 0.25) is 10.0 Å². The van der Waals surface area contributed by atoms with E-state index in [0.717, 1.165) is 20.5 Å². The standard InChI is InChI=1S/C13H7BrCl2OS/c14-9-1-3-12(8(5-9)7-17)18-13-4-2-10(15)6-11(13)16/h1-7H. The van der Waals surface area contributed by atoms with Crippen LogP contribution in [-0.4, -0.2) is 6.29 Å². The van der Waals surface area contributed by atoms with Gasteiger partial charge in [-0.15, -0.1) is 0 Å². The second-order valence-electron chi connectivity index (χ2n) is 3.48. The molecule has 0 amide bonds. The molecule has 2 rings (SSSR count). The van der Waals surface area contributed by atoms with Crippen LogP contribution >= 0.6 is 50.9 Å². The van der Waals surface area contributed by atoms with E-state index in [0.29, 0.717) is 15.6 Å². The van der Waals surface area contributed by atoms with E-state index in [4.69, 9.17) is 23.2 Å². The Morgan fingerprint density at radius 3 is 2.44 bits per heavy atom. The molecular weight excluding hydrogens is 355 g/mol. The molecule has 0 saturated carbocycles. The number of hydrogen-bond donors (Lipinski definition) is 0. The fourth-order valence-corrected chi connectivity index (χ4v) is 3.17. The summed E-state index contributed by atoms with van der Waals surface area (Å²) in [4.78, 5) is 12.7. The first-order valence-electron chi connectivity index (χ1n) is 4.98. The van der Waals surface area contributed by atoms with Crippen molar-refractivity contribution in [1.29, 1.82) is 0 Å². The van der Waals surface area contributed by atoms with Gasteiger partial charge in [0.15, 0.2) is 6.29 Å². The Morgan fingerprint density at radius 2 is 1.78 bits per heavy atom. The smallest absolute Gasteiger partial charge is 0.151 e. The molecule has 0 aliphatic heterocycles. The molecule has 0 fully saturated rings. The molecule has 0 unspecified atom stereocenters. The van der Waals surface area contributed by atoms with Gasteiger partial charge in [0.2, 0.25) is 0 Å². The summed E-state index contributed by atoms with van der Waals surface area (Å²) >= 11 is 16.7. The molecule has 0 spiro atoms. The predicted octanol–water partition coefficient (Wildman–Crippen LogP) is 5.72. The van der Waals surface area contributed by atoms with Crippen LogP contribution in [0, 0.1) is 0 Å². The first-order chi connectivity index (χ1) is 8.60. The quantitative estimate of drug-likeness (QED) is 0.650. The van der Waals surface area contributed by atoms with Gasteiger partial charge in [0, 0.05) is 24.8 Å². The topological polar surface area (TPSA) is 17.1 Å². The van der Waals surface area contributed by atoms with Gasteiger partial charge in [-0.1, -0.05) is 50.9 Å². The van der Waals surface area contributed by atoms with Gasteiger partial charge in [0.05, 0.1) is 5.02 Å². The lowest BCUT2D eigenvalue weighted by Gasteiger charge is -2.07. The van der Waals surface area contributed by atoms with Crippen molar-refractivity contribution in [1.82, 2.24) is 0 Å². The molecule has 0 aliphatic rings. The SMILES string of the molecule is O=Cc1cc(Br)ccc1Sc1ccc(Cl)cc1Cl. The van der Waals surface area contributed by atoms with E-state index in [2.05, 4.69) is 15.9 Å². The number of benzene rings is 2. The lowest BCUT2D eigenvalue weighted by Crippen LogP contribution is -1.85. The second-order valence-corrected chi connectivity index (χ2v) is 6.32. The lowest BCUT2D eigenvalue weighted by molar-refractivity contribution is 0.112. The highest BCUT2D eigenvalue weighted by atomic mass is 79.9. The van der Waals surface area contributed by atoms with Crippen LogP contribution < -0.4 is 0 Å². The van der Waals surface area contributed by atoms with Crippen molar-refractivity contribution in [3.05, 3.63) is 56.5 Å². The molecule has 0 radical (unpaired) electrons. The third-order valence-corrected chi connectivity index (χ3v) is 4.53. The van der Waals surface area contributed by atoms with Gasteiger partial charge in [-0.2, -0.15) is 0 Å². The lowest BCUT2D eigenvalue weighted by atomic mass is 10.2. The minimum Gasteiger partial charge on any atom is -0.298 e. The molecule has 2 aromatic rings. The minimum atomic E-state index is 0.576. The fourth-order valence-electron chi connectivity index (χ4n) is 1.38. The maximum atomic E-state index is 11.0. The van der Waals surface area contributed by atoms with Crippen LogP contribution in [0.15, 0.2) is 50.7 Å². The monoisotopic (exact) mass is 360 g/mol. The molecule has 0 saturated heterocycles. The first kappa shape index (κ1) is 13.9. The van der Waals surface area contributed by atoms with E-state index in [1.165, 1.54) is 11.8 Å². The minimum absolute atomic E-state index is 0.576. The van der Waals surface area contributed by atoms with Crippen LogP contribution in [0.5, 0.6) is 0 Å². The molecule has 0 N–H and O–H groups in total. The van der Waals surface area contributed by atoms with E-state index in [1.807, 2.05) is 18.2 Å². The van der Waals surface area contributed by atoms with E-state index in [1.54, 1.807) is 18.2 Å². The Bertz CT molecular complexity index is 602. The molecular formula is C13H7BrCl2OS. The van der Waals surface area contributed by atoms with Gasteiger partial charge in [-0.25, -0.2) is 0 Å². The van der Waals surface area contributed by atoms with Crippen LogP contribution in [-0.2, 0) is 0 Å². The van der Waals surface area contributed by atoms with Gasteiger partial charge < -0.3 is 0 Å². The molecule has 2 aromatic carbocycles. The Hall–Kier alpha value is -0.480. The van der Waals surface area contributed by atoms with Crippen molar-refractivity contribution in [2.75, 3.05) is 0 Å². The molecule has 0 atom stereocenters. The number of halogens is 3. The summed E-state index contributed by atoms with van der Waals surface area (Å²) in [6.07, 6.45) is 0.830. The summed E-state index contributed by atoms with van der Waals surface area (Å²) in [7, 11) is 0. The molecule has 0 aromatic heterocycles. The molecule has 92 valence electrons. The Labute approximate surface area is 128 Å². The van der Waals surface area contributed by atoms with E-state index < -0.39 is 0 Å². The van der Waals surface area contributed by atoms with Gasteiger partial charge in [0.1, 0.15) is 0 Å². The summed E-state index contributed by atoms with van der Waals surface area (Å²) in [6, 6.07) is 10.8. The number of carbonyl (C=O) groups excluding carboxylic acids is 1. The zero-order valence-corrected chi connectivity index (χ0v) is 12.9. The van der Waals surface area contributed by atoms with E-state index in [-0.39, 0.29) is 0 Å². The van der Waals surface area contributed by atoms with Crippen molar-refractivity contribution in [3.63, 3.8) is 0 Å². The normalized spacial score (nSPS) is 10.4. The highest BCUT2D eigenvalue weighted by Gasteiger charge is 2.08. The Morgan fingerprint density at radius 1 is 1.06 bits per heavy atom. The average molecular weight is 362 g/mol. The fraction of sp³-hybridized carbons (Fsp3) is 0. The van der Waals surface area contributed by atoms with Crippen molar-refractivity contribution in [3.8, 4) is 0 Å². The third-order valence-electron chi connectivity index (χ3n) is 2.21. The van der Waals surface area contributed by atoms with Crippen molar-refractivity contribution in [2.24, 2.45) is 0 Å². The molecule has 0 aliphatic carbocycles. The van der Waals surface area contributed by atoms with Crippen LogP contribution in [0.25, 0.3) is 0 Å². The molecule has 1 nitrogen and oxygen atoms in total. The van der Waals surface area contributed by atoms with Gasteiger partial charge in [-0.3, -0.25) is 4.79 Å². The third kappa shape index (κ3) is 3.29. The molecule has 0 bridgehead atoms. The van der Waals surface area contributed by atoms with Crippen LogP contribution in [0.3, 0.4) is 0 Å². The number of rotatable bonds is 3. The van der Waals surface area contributed by atoms with Gasteiger partial charge >= 0.3 is 0 Å². The number of hydrogen-bond acceptors (Lipinski definition) is 2. The largest absolute Gasteiger partial charge is 0.298 e. The summed E-state index contributed by atoms with van der Waals surface area (Å²) in [5.41, 5.74) is 0.625. The summed E-state index contributed by atoms with van der Waals surface area (Å²) in [6.45, 7) is 0. The Kier molecular flexibility index (Phi) is 4.73. The summed E-state index contributed by atoms with van der Waals surface area (Å²) < 4.78 is 0.871. The van der Waals surface area contributed by atoms with Gasteiger partial charge in [-0.05, 0) is 36.4 Å². The maximum Gasteiger partial charge on any atom is 0.151 e. The zero-order valence-electron chi connectivity index (χ0n) is 8.99. The van der Waals surface area contributed by atoms with E-state index in [9.17, 15) is 4.79 Å². The van der Waals surface area contributed by atoms with Crippen molar-refractivity contribution in [2.45, 2.75) is 9.79 Å². The zero-order chi connectivity index (χ0) is 13.1. The molecule has 5 heteroatoms. The van der Waals surface area contributed by atoms with Crippen LogP contribution in [0.1, 0.15) is 10.4 Å². The average Bonchev–Trinajstić information content (AvgIpc) is 2.34. The van der Waals surface area contributed by atoms with E-state index >= 15 is 0 Å². The van der Waals surface area contributed by atoms with Crippen molar-refractivity contribution < 1.29 is 4.79 Å². The maximum absolute atomic E-state index is 11.0. The summed E-state index contributed by atoms with van der Waals surface area (Å²) in [5.74, 6) is 0. The molecule has 18 heavy (non-hydrogen) atoms. The molecule has 0 heterocycles. The van der Waals surface area contributed by atoms with Crippen molar-refractivity contribution >= 4 is 57.2 Å². The Balaban J connectivity index is 2.36. The van der Waals surface area contributed by atoms with Crippen LogP contribution in [0.4, 0.5) is 0 Å². The highest BCUT2D eigenvalue weighted by Crippen LogP contribution is 2.36. The van der Waals surface area contributed by atoms with Gasteiger partial charge in [0.25, 0.3) is 0 Å². The first-order valence-corrected chi connectivity index (χ1v) is 7.34.